The first-order valence-corrected chi connectivity index (χ1v) is 6.33. The third-order valence-corrected chi connectivity index (χ3v) is 2.93. The lowest BCUT2D eigenvalue weighted by Gasteiger charge is -2.39. The minimum atomic E-state index is -4.72. The van der Waals surface area contributed by atoms with Gasteiger partial charge in [0.2, 0.25) is 0 Å². The van der Waals surface area contributed by atoms with E-state index in [4.69, 9.17) is 9.47 Å². The first kappa shape index (κ1) is 13.4. The Morgan fingerprint density at radius 3 is 2.19 bits per heavy atom. The molecule has 0 unspecified atom stereocenters. The van der Waals surface area contributed by atoms with Crippen molar-refractivity contribution in [2.75, 3.05) is 19.0 Å². The SMILES string of the molecule is CC(C)(C)OC(=O)C1(CS(=O)(=O)F)COC1. The van der Waals surface area contributed by atoms with E-state index >= 15 is 0 Å². The van der Waals surface area contributed by atoms with Crippen molar-refractivity contribution in [3.8, 4) is 0 Å². The second-order valence-electron chi connectivity index (χ2n) is 4.96. The summed E-state index contributed by atoms with van der Waals surface area (Å²) < 4.78 is 43.6. The molecule has 94 valence electrons. The van der Waals surface area contributed by atoms with Gasteiger partial charge in [0.05, 0.1) is 13.2 Å². The molecule has 0 N–H and O–H groups in total. The van der Waals surface area contributed by atoms with E-state index in [-0.39, 0.29) is 13.2 Å². The minimum Gasteiger partial charge on any atom is -0.459 e. The van der Waals surface area contributed by atoms with Gasteiger partial charge in [0.15, 0.2) is 0 Å². The summed E-state index contributed by atoms with van der Waals surface area (Å²) in [6.45, 7) is 4.72. The lowest BCUT2D eigenvalue weighted by Crippen LogP contribution is -2.55. The zero-order valence-corrected chi connectivity index (χ0v) is 10.3. The second-order valence-corrected chi connectivity index (χ2v) is 6.32. The first-order valence-electron chi connectivity index (χ1n) is 4.78. The predicted octanol–water partition coefficient (Wildman–Crippen LogP) is 0.644. The van der Waals surface area contributed by atoms with Crippen LogP contribution in [-0.2, 0) is 24.5 Å². The fraction of sp³-hybridized carbons (Fsp3) is 0.889. The molecule has 0 atom stereocenters. The Morgan fingerprint density at radius 1 is 1.44 bits per heavy atom. The number of carbonyl (C=O) groups excluding carboxylic acids is 1. The van der Waals surface area contributed by atoms with Crippen molar-refractivity contribution in [2.45, 2.75) is 26.4 Å². The molecule has 0 spiro atoms. The smallest absolute Gasteiger partial charge is 0.318 e. The van der Waals surface area contributed by atoms with Gasteiger partial charge in [-0.15, -0.1) is 3.89 Å². The van der Waals surface area contributed by atoms with Crippen LogP contribution in [0.4, 0.5) is 3.89 Å². The summed E-state index contributed by atoms with van der Waals surface area (Å²) in [4.78, 5) is 11.7. The summed E-state index contributed by atoms with van der Waals surface area (Å²) in [6, 6.07) is 0. The Hall–Kier alpha value is -0.690. The highest BCUT2D eigenvalue weighted by Gasteiger charge is 2.51. The van der Waals surface area contributed by atoms with E-state index in [2.05, 4.69) is 0 Å². The lowest BCUT2D eigenvalue weighted by molar-refractivity contribution is -0.192. The van der Waals surface area contributed by atoms with Gasteiger partial charge in [-0.1, -0.05) is 0 Å². The van der Waals surface area contributed by atoms with Crippen molar-refractivity contribution in [2.24, 2.45) is 5.41 Å². The van der Waals surface area contributed by atoms with Crippen molar-refractivity contribution >= 4 is 16.2 Å². The molecule has 0 aromatic rings. The van der Waals surface area contributed by atoms with E-state index in [9.17, 15) is 17.1 Å². The maximum atomic E-state index is 12.6. The van der Waals surface area contributed by atoms with Crippen molar-refractivity contribution in [3.05, 3.63) is 0 Å². The van der Waals surface area contributed by atoms with Gasteiger partial charge in [0, 0.05) is 0 Å². The fourth-order valence-corrected chi connectivity index (χ4v) is 2.27. The van der Waals surface area contributed by atoms with Crippen LogP contribution in [0.3, 0.4) is 0 Å². The fourth-order valence-electron chi connectivity index (χ4n) is 1.32. The van der Waals surface area contributed by atoms with Gasteiger partial charge in [-0.25, -0.2) is 0 Å². The third-order valence-electron chi connectivity index (χ3n) is 2.04. The average molecular weight is 254 g/mol. The van der Waals surface area contributed by atoms with Gasteiger partial charge in [-0.05, 0) is 20.8 Å². The highest BCUT2D eigenvalue weighted by molar-refractivity contribution is 7.86. The van der Waals surface area contributed by atoms with Crippen LogP contribution in [0.5, 0.6) is 0 Å². The summed E-state index contributed by atoms with van der Waals surface area (Å²) in [5.41, 5.74) is -2.11. The quantitative estimate of drug-likeness (QED) is 0.546. The van der Waals surface area contributed by atoms with Crippen LogP contribution < -0.4 is 0 Å². The van der Waals surface area contributed by atoms with Crippen LogP contribution in [0.25, 0.3) is 0 Å². The molecule has 0 radical (unpaired) electrons. The van der Waals surface area contributed by atoms with Crippen LogP contribution in [0.1, 0.15) is 20.8 Å². The first-order chi connectivity index (χ1) is 7.04. The molecule has 0 saturated carbocycles. The van der Waals surface area contributed by atoms with Gasteiger partial charge < -0.3 is 9.47 Å². The standard InChI is InChI=1S/C9H15FO5S/c1-8(2,3)15-7(11)9(4-14-5-9)6-16(10,12)13/h4-6H2,1-3H3. The van der Waals surface area contributed by atoms with Crippen LogP contribution in [0, 0.1) is 5.41 Å². The normalized spacial score (nSPS) is 20.0. The van der Waals surface area contributed by atoms with E-state index in [1.165, 1.54) is 0 Å². The molecule has 0 aromatic carbocycles. The van der Waals surface area contributed by atoms with E-state index in [1.54, 1.807) is 20.8 Å². The molecule has 0 amide bonds. The van der Waals surface area contributed by atoms with E-state index in [0.29, 0.717) is 0 Å². The predicted molar refractivity (Wildman–Crippen MR) is 54.0 cm³/mol. The van der Waals surface area contributed by atoms with Crippen LogP contribution >= 0.6 is 0 Å². The molecule has 1 aliphatic rings. The molecular formula is C9H15FO5S. The number of rotatable bonds is 3. The molecule has 1 rings (SSSR count). The van der Waals surface area contributed by atoms with Crippen molar-refractivity contribution < 1.29 is 26.6 Å². The lowest BCUT2D eigenvalue weighted by atomic mass is 9.88. The molecule has 1 aliphatic heterocycles. The monoisotopic (exact) mass is 254 g/mol. The van der Waals surface area contributed by atoms with Gasteiger partial charge in [0.25, 0.3) is 0 Å². The van der Waals surface area contributed by atoms with Gasteiger partial charge in [0.1, 0.15) is 16.8 Å². The molecule has 0 aliphatic carbocycles. The van der Waals surface area contributed by atoms with Crippen LogP contribution in [-0.4, -0.2) is 39.0 Å². The van der Waals surface area contributed by atoms with E-state index in [0.717, 1.165) is 0 Å². The summed E-state index contributed by atoms with van der Waals surface area (Å²) in [7, 11) is -4.72. The Balaban J connectivity index is 2.78. The Bertz CT molecular complexity index is 377. The molecular weight excluding hydrogens is 239 g/mol. The Kier molecular flexibility index (Phi) is 3.31. The van der Waals surface area contributed by atoms with Crippen molar-refractivity contribution in [1.82, 2.24) is 0 Å². The van der Waals surface area contributed by atoms with Crippen LogP contribution in [0.2, 0.25) is 0 Å². The number of carbonyl (C=O) groups is 1. The molecule has 1 heterocycles. The summed E-state index contributed by atoms with van der Waals surface area (Å²) in [6.07, 6.45) is 0. The van der Waals surface area contributed by atoms with Crippen LogP contribution in [0.15, 0.2) is 0 Å². The van der Waals surface area contributed by atoms with E-state index < -0.39 is 33.0 Å². The second kappa shape index (κ2) is 3.96. The van der Waals surface area contributed by atoms with E-state index in [1.807, 2.05) is 0 Å². The maximum absolute atomic E-state index is 12.6. The highest BCUT2D eigenvalue weighted by Crippen LogP contribution is 2.33. The topological polar surface area (TPSA) is 69.7 Å². The van der Waals surface area contributed by atoms with Gasteiger partial charge >= 0.3 is 16.2 Å². The minimum absolute atomic E-state index is 0.120. The Morgan fingerprint density at radius 2 is 1.94 bits per heavy atom. The molecule has 0 aromatic heterocycles. The number of ether oxygens (including phenoxy) is 2. The molecule has 5 nitrogen and oxygen atoms in total. The van der Waals surface area contributed by atoms with Crippen molar-refractivity contribution in [1.29, 1.82) is 0 Å². The Labute approximate surface area is 94.1 Å². The maximum Gasteiger partial charge on any atom is 0.318 e. The highest BCUT2D eigenvalue weighted by atomic mass is 32.3. The van der Waals surface area contributed by atoms with Gasteiger partial charge in [-0.3, -0.25) is 4.79 Å². The zero-order chi connectivity index (χ0) is 12.6. The van der Waals surface area contributed by atoms with Gasteiger partial charge in [-0.2, -0.15) is 8.42 Å². The largest absolute Gasteiger partial charge is 0.459 e. The number of halogens is 1. The summed E-state index contributed by atoms with van der Waals surface area (Å²) >= 11 is 0. The molecule has 16 heavy (non-hydrogen) atoms. The zero-order valence-electron chi connectivity index (χ0n) is 9.45. The molecule has 7 heteroatoms. The molecule has 1 saturated heterocycles. The third kappa shape index (κ3) is 3.41. The number of esters is 1. The average Bonchev–Trinajstić information content (AvgIpc) is 1.90. The summed E-state index contributed by atoms with van der Waals surface area (Å²) in [5.74, 6) is -1.61. The molecule has 1 fully saturated rings. The summed E-state index contributed by atoms with van der Waals surface area (Å²) in [5, 5.41) is 0. The number of hydrogen-bond acceptors (Lipinski definition) is 5. The number of hydrogen-bond donors (Lipinski definition) is 0. The molecule has 0 bridgehead atoms. The van der Waals surface area contributed by atoms with Crippen molar-refractivity contribution in [3.63, 3.8) is 0 Å².